The van der Waals surface area contributed by atoms with E-state index in [9.17, 15) is 9.59 Å². The van der Waals surface area contributed by atoms with Crippen LogP contribution in [0.2, 0.25) is 0 Å². The van der Waals surface area contributed by atoms with E-state index < -0.39 is 11.7 Å². The number of benzene rings is 1. The molecular formula is C12H15NO2. The van der Waals surface area contributed by atoms with E-state index in [1.807, 2.05) is 25.1 Å². The number of hydrogen-bond acceptors (Lipinski definition) is 2. The maximum Gasteiger partial charge on any atom is 0.287 e. The molecule has 0 aliphatic heterocycles. The zero-order chi connectivity index (χ0) is 11.3. The van der Waals surface area contributed by atoms with Gasteiger partial charge in [0.1, 0.15) is 0 Å². The number of aryl methyl sites for hydroxylation is 1. The van der Waals surface area contributed by atoms with Gasteiger partial charge in [-0.2, -0.15) is 0 Å². The Morgan fingerprint density at radius 2 is 2.07 bits per heavy atom. The quantitative estimate of drug-likeness (QED) is 0.752. The first-order valence-corrected chi connectivity index (χ1v) is 4.94. The normalized spacial score (nSPS) is 9.73. The molecule has 0 aromatic heterocycles. The molecule has 0 unspecified atom stereocenters. The fraction of sp³-hybridized carbons (Fsp3) is 0.333. The molecule has 0 bridgehead atoms. The summed E-state index contributed by atoms with van der Waals surface area (Å²) < 4.78 is 0. The van der Waals surface area contributed by atoms with Gasteiger partial charge in [-0.15, -0.1) is 0 Å². The predicted molar refractivity (Wildman–Crippen MR) is 58.6 cm³/mol. The lowest BCUT2D eigenvalue weighted by Crippen LogP contribution is -2.30. The molecule has 0 radical (unpaired) electrons. The number of Topliss-reactive ketones (excluding diaryl/α,β-unsaturated/α-hetero) is 1. The van der Waals surface area contributed by atoms with Gasteiger partial charge in [-0.3, -0.25) is 9.59 Å². The van der Waals surface area contributed by atoms with E-state index in [-0.39, 0.29) is 0 Å². The second-order valence-corrected chi connectivity index (χ2v) is 3.55. The first-order chi connectivity index (χ1) is 7.09. The molecule has 1 aromatic rings. The maximum atomic E-state index is 10.9. The van der Waals surface area contributed by atoms with Crippen LogP contribution in [0.25, 0.3) is 0 Å². The van der Waals surface area contributed by atoms with Crippen LogP contribution in [0.4, 0.5) is 0 Å². The molecule has 1 rings (SSSR count). The zero-order valence-electron chi connectivity index (χ0n) is 9.04. The van der Waals surface area contributed by atoms with Gasteiger partial charge >= 0.3 is 0 Å². The van der Waals surface area contributed by atoms with Crippen molar-refractivity contribution >= 4 is 11.7 Å². The van der Waals surface area contributed by atoms with Gasteiger partial charge in [0, 0.05) is 13.5 Å². The highest BCUT2D eigenvalue weighted by Gasteiger charge is 2.05. The van der Waals surface area contributed by atoms with Gasteiger partial charge in [0.2, 0.25) is 5.78 Å². The molecule has 0 fully saturated rings. The van der Waals surface area contributed by atoms with E-state index in [1.54, 1.807) is 0 Å². The second kappa shape index (κ2) is 5.29. The van der Waals surface area contributed by atoms with Gasteiger partial charge in [0.25, 0.3) is 5.91 Å². The standard InChI is InChI=1S/C12H15NO2/c1-9-4-3-5-11(8-9)6-7-13-12(15)10(2)14/h3-5,8H,6-7H2,1-2H3,(H,13,15). The fourth-order valence-electron chi connectivity index (χ4n) is 1.31. The Kier molecular flexibility index (Phi) is 4.03. The number of rotatable bonds is 4. The van der Waals surface area contributed by atoms with Crippen molar-refractivity contribution in [2.45, 2.75) is 20.3 Å². The number of carbonyl (C=O) groups is 2. The Balaban J connectivity index is 2.38. The SMILES string of the molecule is CC(=O)C(=O)NCCc1cccc(C)c1. The Bertz CT molecular complexity index is 372. The summed E-state index contributed by atoms with van der Waals surface area (Å²) in [6.45, 7) is 3.79. The summed E-state index contributed by atoms with van der Waals surface area (Å²) in [5.74, 6) is -0.957. The van der Waals surface area contributed by atoms with E-state index in [0.29, 0.717) is 6.54 Å². The summed E-state index contributed by atoms with van der Waals surface area (Å²) in [6, 6.07) is 8.09. The van der Waals surface area contributed by atoms with Crippen LogP contribution in [0.5, 0.6) is 0 Å². The Labute approximate surface area is 89.5 Å². The monoisotopic (exact) mass is 205 g/mol. The van der Waals surface area contributed by atoms with Gasteiger partial charge in [-0.05, 0) is 18.9 Å². The molecule has 0 aliphatic rings. The average Bonchev–Trinajstić information content (AvgIpc) is 2.17. The minimum Gasteiger partial charge on any atom is -0.349 e. The van der Waals surface area contributed by atoms with Crippen LogP contribution >= 0.6 is 0 Å². The number of hydrogen-bond donors (Lipinski definition) is 1. The highest BCUT2D eigenvalue weighted by molar-refractivity contribution is 6.35. The van der Waals surface area contributed by atoms with Crippen LogP contribution in [0.1, 0.15) is 18.1 Å². The lowest BCUT2D eigenvalue weighted by molar-refractivity contribution is -0.136. The van der Waals surface area contributed by atoms with E-state index in [0.717, 1.165) is 6.42 Å². The summed E-state index contributed by atoms with van der Waals surface area (Å²) in [5, 5.41) is 2.56. The summed E-state index contributed by atoms with van der Waals surface area (Å²) in [6.07, 6.45) is 0.751. The topological polar surface area (TPSA) is 46.2 Å². The first-order valence-electron chi connectivity index (χ1n) is 4.94. The van der Waals surface area contributed by atoms with Crippen LogP contribution in [0, 0.1) is 6.92 Å². The molecule has 0 saturated carbocycles. The zero-order valence-corrected chi connectivity index (χ0v) is 9.04. The van der Waals surface area contributed by atoms with Crippen LogP contribution in [-0.2, 0) is 16.0 Å². The van der Waals surface area contributed by atoms with Crippen molar-refractivity contribution in [2.24, 2.45) is 0 Å². The summed E-state index contributed by atoms with van der Waals surface area (Å²) in [4.78, 5) is 21.6. The van der Waals surface area contributed by atoms with Gasteiger partial charge in [0.05, 0.1) is 0 Å². The largest absolute Gasteiger partial charge is 0.349 e. The molecule has 80 valence electrons. The van der Waals surface area contributed by atoms with Crippen molar-refractivity contribution in [1.29, 1.82) is 0 Å². The van der Waals surface area contributed by atoms with Crippen molar-refractivity contribution < 1.29 is 9.59 Å². The highest BCUT2D eigenvalue weighted by Crippen LogP contribution is 2.03. The summed E-state index contributed by atoms with van der Waals surface area (Å²) in [5.41, 5.74) is 2.37. The van der Waals surface area contributed by atoms with Gasteiger partial charge in [0.15, 0.2) is 0 Å². The molecule has 1 N–H and O–H groups in total. The molecule has 1 amide bonds. The van der Waals surface area contributed by atoms with Gasteiger partial charge in [-0.1, -0.05) is 29.8 Å². The van der Waals surface area contributed by atoms with Crippen molar-refractivity contribution in [1.82, 2.24) is 5.32 Å². The maximum absolute atomic E-state index is 10.9. The molecule has 0 aliphatic carbocycles. The van der Waals surface area contributed by atoms with Crippen molar-refractivity contribution in [2.75, 3.05) is 6.54 Å². The van der Waals surface area contributed by atoms with Crippen molar-refractivity contribution in [3.8, 4) is 0 Å². The number of ketones is 1. The molecule has 0 saturated heterocycles. The van der Waals surface area contributed by atoms with E-state index in [1.165, 1.54) is 18.1 Å². The van der Waals surface area contributed by atoms with E-state index >= 15 is 0 Å². The molecule has 3 heteroatoms. The Morgan fingerprint density at radius 3 is 2.67 bits per heavy atom. The third kappa shape index (κ3) is 3.94. The lowest BCUT2D eigenvalue weighted by Gasteiger charge is -2.03. The molecule has 0 heterocycles. The molecule has 1 aromatic carbocycles. The fourth-order valence-corrected chi connectivity index (χ4v) is 1.31. The minimum absolute atomic E-state index is 0.445. The number of nitrogens with one attached hydrogen (secondary N) is 1. The van der Waals surface area contributed by atoms with E-state index in [4.69, 9.17) is 0 Å². The number of carbonyl (C=O) groups excluding carboxylic acids is 2. The minimum atomic E-state index is -0.511. The van der Waals surface area contributed by atoms with Crippen LogP contribution < -0.4 is 5.32 Å². The van der Waals surface area contributed by atoms with Crippen LogP contribution in [0.3, 0.4) is 0 Å². The average molecular weight is 205 g/mol. The van der Waals surface area contributed by atoms with Gasteiger partial charge < -0.3 is 5.32 Å². The van der Waals surface area contributed by atoms with Crippen LogP contribution in [-0.4, -0.2) is 18.2 Å². The molecular weight excluding hydrogens is 190 g/mol. The second-order valence-electron chi connectivity index (χ2n) is 3.55. The predicted octanol–water partition coefficient (Wildman–Crippen LogP) is 1.24. The Morgan fingerprint density at radius 1 is 1.33 bits per heavy atom. The number of amides is 1. The molecule has 3 nitrogen and oxygen atoms in total. The lowest BCUT2D eigenvalue weighted by atomic mass is 10.1. The highest BCUT2D eigenvalue weighted by atomic mass is 16.2. The van der Waals surface area contributed by atoms with Crippen LogP contribution in [0.15, 0.2) is 24.3 Å². The Hall–Kier alpha value is -1.64. The van der Waals surface area contributed by atoms with Crippen molar-refractivity contribution in [3.63, 3.8) is 0 Å². The van der Waals surface area contributed by atoms with Crippen molar-refractivity contribution in [3.05, 3.63) is 35.4 Å². The molecule has 0 atom stereocenters. The molecule has 15 heavy (non-hydrogen) atoms. The third-order valence-corrected chi connectivity index (χ3v) is 2.10. The first kappa shape index (κ1) is 11.4. The molecule has 0 spiro atoms. The van der Waals surface area contributed by atoms with Gasteiger partial charge in [-0.25, -0.2) is 0 Å². The summed E-state index contributed by atoms with van der Waals surface area (Å²) in [7, 11) is 0. The third-order valence-electron chi connectivity index (χ3n) is 2.10. The van der Waals surface area contributed by atoms with E-state index in [2.05, 4.69) is 11.4 Å². The smallest absolute Gasteiger partial charge is 0.287 e. The summed E-state index contributed by atoms with van der Waals surface area (Å²) >= 11 is 0.